The third-order valence-electron chi connectivity index (χ3n) is 3.37. The van der Waals surface area contributed by atoms with E-state index in [-0.39, 0.29) is 0 Å². The summed E-state index contributed by atoms with van der Waals surface area (Å²) in [5, 5.41) is 13.1. The number of fused-ring (bicyclic) bond motifs is 1. The first kappa shape index (κ1) is 13.5. The second-order valence-corrected chi connectivity index (χ2v) is 5.39. The van der Waals surface area contributed by atoms with Crippen LogP contribution in [0.4, 0.5) is 5.82 Å². The van der Waals surface area contributed by atoms with Gasteiger partial charge in [-0.05, 0) is 25.5 Å². The zero-order valence-corrected chi connectivity index (χ0v) is 12.2. The average Bonchev–Trinajstić information content (AvgIpc) is 2.89. The maximum absolute atomic E-state index is 10.2. The van der Waals surface area contributed by atoms with Crippen LogP contribution in [0.5, 0.6) is 0 Å². The Labute approximate surface area is 122 Å². The maximum atomic E-state index is 10.2. The highest BCUT2D eigenvalue weighted by atomic mass is 16.3. The van der Waals surface area contributed by atoms with Gasteiger partial charge in [0, 0.05) is 13.2 Å². The minimum atomic E-state index is -0.909. The highest BCUT2D eigenvalue weighted by molar-refractivity contribution is 5.61. The average molecular weight is 283 g/mol. The molecule has 3 rings (SSSR count). The first-order valence-electron chi connectivity index (χ1n) is 6.69. The van der Waals surface area contributed by atoms with Gasteiger partial charge >= 0.3 is 0 Å². The summed E-state index contributed by atoms with van der Waals surface area (Å²) in [7, 11) is 1.80. The first-order chi connectivity index (χ1) is 9.99. The molecule has 6 nitrogen and oxygen atoms in total. The molecule has 0 saturated carbocycles. The lowest BCUT2D eigenvalue weighted by atomic mass is 10.0. The van der Waals surface area contributed by atoms with Gasteiger partial charge in [0.05, 0.1) is 29.9 Å². The quantitative estimate of drug-likeness (QED) is 0.769. The number of aliphatic hydroxyl groups is 1. The lowest BCUT2D eigenvalue weighted by Gasteiger charge is -2.18. The van der Waals surface area contributed by atoms with Crippen molar-refractivity contribution < 1.29 is 5.11 Å². The molecule has 0 unspecified atom stereocenters. The molecule has 2 N–H and O–H groups in total. The first-order valence-corrected chi connectivity index (χ1v) is 6.69. The van der Waals surface area contributed by atoms with Crippen LogP contribution in [0.25, 0.3) is 17.0 Å². The Bertz CT molecular complexity index is 788. The van der Waals surface area contributed by atoms with Crippen molar-refractivity contribution in [3.63, 3.8) is 0 Å². The van der Waals surface area contributed by atoms with Crippen molar-refractivity contribution in [2.24, 2.45) is 0 Å². The number of hydrogen-bond donors (Lipinski definition) is 2. The molecule has 0 radical (unpaired) electrons. The van der Waals surface area contributed by atoms with Crippen LogP contribution in [0.1, 0.15) is 19.4 Å². The zero-order chi connectivity index (χ0) is 15.0. The minimum Gasteiger partial charge on any atom is -0.386 e. The number of rotatable bonds is 3. The normalized spacial score (nSPS) is 11.8. The van der Waals surface area contributed by atoms with E-state index >= 15 is 0 Å². The molecule has 0 aliphatic heterocycles. The lowest BCUT2D eigenvalue weighted by molar-refractivity contribution is 0.0782. The minimum absolute atomic E-state index is 0.695. The largest absolute Gasteiger partial charge is 0.386 e. The molecule has 0 aromatic carbocycles. The Hall–Kier alpha value is -2.47. The summed E-state index contributed by atoms with van der Waals surface area (Å²) in [6.07, 6.45) is 6.99. The van der Waals surface area contributed by atoms with E-state index in [1.807, 2.05) is 22.7 Å². The van der Waals surface area contributed by atoms with E-state index in [1.165, 1.54) is 0 Å². The van der Waals surface area contributed by atoms with Crippen LogP contribution >= 0.6 is 0 Å². The lowest BCUT2D eigenvalue weighted by Crippen LogP contribution is -2.16. The molecule has 3 aromatic heterocycles. The van der Waals surface area contributed by atoms with E-state index in [0.717, 1.165) is 22.6 Å². The molecule has 0 atom stereocenters. The standard InChI is InChI=1S/C15H17N5O/c1-15(2,21)10-4-5-14-18-7-12(20(14)9-10)11-6-17-8-13(16-3)19-11/h4-9,21H,1-3H3,(H,16,19). The highest BCUT2D eigenvalue weighted by Gasteiger charge is 2.17. The number of nitrogens with one attached hydrogen (secondary N) is 1. The number of aromatic nitrogens is 4. The second kappa shape index (κ2) is 4.82. The van der Waals surface area contributed by atoms with Gasteiger partial charge in [-0.1, -0.05) is 6.07 Å². The van der Waals surface area contributed by atoms with Gasteiger partial charge in [0.25, 0.3) is 0 Å². The van der Waals surface area contributed by atoms with Crippen molar-refractivity contribution in [2.45, 2.75) is 19.4 Å². The molecule has 0 bridgehead atoms. The molecule has 3 heterocycles. The Morgan fingerprint density at radius 3 is 2.71 bits per heavy atom. The van der Waals surface area contributed by atoms with Crippen LogP contribution in [0.15, 0.2) is 36.9 Å². The van der Waals surface area contributed by atoms with Crippen LogP contribution in [-0.2, 0) is 5.60 Å². The van der Waals surface area contributed by atoms with Crippen LogP contribution in [0.2, 0.25) is 0 Å². The Morgan fingerprint density at radius 1 is 1.19 bits per heavy atom. The van der Waals surface area contributed by atoms with E-state index in [1.54, 1.807) is 39.5 Å². The van der Waals surface area contributed by atoms with Gasteiger partial charge in [-0.25, -0.2) is 9.97 Å². The van der Waals surface area contributed by atoms with Crippen LogP contribution in [0, 0.1) is 0 Å². The van der Waals surface area contributed by atoms with Crippen molar-refractivity contribution >= 4 is 11.5 Å². The molecule has 0 spiro atoms. The maximum Gasteiger partial charge on any atom is 0.145 e. The van der Waals surface area contributed by atoms with Crippen molar-refractivity contribution in [3.05, 3.63) is 42.5 Å². The predicted molar refractivity (Wildman–Crippen MR) is 81.0 cm³/mol. The van der Waals surface area contributed by atoms with Gasteiger partial charge in [-0.2, -0.15) is 0 Å². The molecule has 21 heavy (non-hydrogen) atoms. The number of hydrogen-bond acceptors (Lipinski definition) is 5. The molecule has 3 aromatic rings. The summed E-state index contributed by atoms with van der Waals surface area (Å²) in [5.74, 6) is 0.695. The fourth-order valence-corrected chi connectivity index (χ4v) is 2.14. The number of pyridine rings is 1. The third kappa shape index (κ3) is 2.45. The van der Waals surface area contributed by atoms with Crippen molar-refractivity contribution in [2.75, 3.05) is 12.4 Å². The van der Waals surface area contributed by atoms with Crippen LogP contribution in [-0.4, -0.2) is 31.5 Å². The van der Waals surface area contributed by atoms with E-state index in [4.69, 9.17) is 0 Å². The van der Waals surface area contributed by atoms with Gasteiger partial charge in [0.15, 0.2) is 0 Å². The SMILES string of the molecule is CNc1cncc(-c2cnc3ccc(C(C)(C)O)cn23)n1. The second-order valence-electron chi connectivity index (χ2n) is 5.39. The fraction of sp³-hybridized carbons (Fsp3) is 0.267. The van der Waals surface area contributed by atoms with E-state index in [0.29, 0.717) is 5.82 Å². The van der Waals surface area contributed by atoms with Gasteiger partial charge in [-0.3, -0.25) is 9.38 Å². The number of anilines is 1. The van der Waals surface area contributed by atoms with Crippen molar-refractivity contribution in [3.8, 4) is 11.4 Å². The molecule has 0 saturated heterocycles. The van der Waals surface area contributed by atoms with Gasteiger partial charge in [0.1, 0.15) is 17.2 Å². The summed E-state index contributed by atoms with van der Waals surface area (Å²) in [4.78, 5) is 13.0. The molecule has 0 aliphatic carbocycles. The summed E-state index contributed by atoms with van der Waals surface area (Å²) < 4.78 is 1.91. The number of imidazole rings is 1. The van der Waals surface area contributed by atoms with Gasteiger partial charge in [0.2, 0.25) is 0 Å². The topological polar surface area (TPSA) is 75.3 Å². The molecule has 108 valence electrons. The Balaban J connectivity index is 2.18. The molecule has 6 heteroatoms. The fourth-order valence-electron chi connectivity index (χ4n) is 2.14. The van der Waals surface area contributed by atoms with E-state index in [2.05, 4.69) is 20.3 Å². The molecular formula is C15H17N5O. The monoisotopic (exact) mass is 283 g/mol. The molecular weight excluding hydrogens is 266 g/mol. The summed E-state index contributed by atoms with van der Waals surface area (Å²) in [6.45, 7) is 3.51. The smallest absolute Gasteiger partial charge is 0.145 e. The Kier molecular flexibility index (Phi) is 3.10. The molecule has 0 amide bonds. The summed E-state index contributed by atoms with van der Waals surface area (Å²) in [5.41, 5.74) is 2.26. The van der Waals surface area contributed by atoms with E-state index in [9.17, 15) is 5.11 Å². The Morgan fingerprint density at radius 2 is 2.00 bits per heavy atom. The molecule has 0 fully saturated rings. The number of nitrogens with zero attached hydrogens (tertiary/aromatic N) is 4. The van der Waals surface area contributed by atoms with Crippen LogP contribution in [0.3, 0.4) is 0 Å². The van der Waals surface area contributed by atoms with Crippen molar-refractivity contribution in [1.82, 2.24) is 19.4 Å². The molecule has 0 aliphatic rings. The van der Waals surface area contributed by atoms with Gasteiger partial charge in [-0.15, -0.1) is 0 Å². The zero-order valence-electron chi connectivity index (χ0n) is 12.2. The van der Waals surface area contributed by atoms with E-state index < -0.39 is 5.60 Å². The summed E-state index contributed by atoms with van der Waals surface area (Å²) >= 11 is 0. The van der Waals surface area contributed by atoms with Crippen LogP contribution < -0.4 is 5.32 Å². The van der Waals surface area contributed by atoms with Crippen molar-refractivity contribution in [1.29, 1.82) is 0 Å². The van der Waals surface area contributed by atoms with Gasteiger partial charge < -0.3 is 10.4 Å². The highest BCUT2D eigenvalue weighted by Crippen LogP contribution is 2.24. The predicted octanol–water partition coefficient (Wildman–Crippen LogP) is 2.06. The summed E-state index contributed by atoms with van der Waals surface area (Å²) in [6, 6.07) is 3.76. The third-order valence-corrected chi connectivity index (χ3v) is 3.37.